The summed E-state index contributed by atoms with van der Waals surface area (Å²) < 4.78 is 36.4. The van der Waals surface area contributed by atoms with E-state index in [9.17, 15) is 13.2 Å². The molecule has 0 saturated carbocycles. The number of H-pyrrole nitrogens is 1. The second-order valence-electron chi connectivity index (χ2n) is 6.75. The summed E-state index contributed by atoms with van der Waals surface area (Å²) in [5, 5.41) is 11.9. The molecule has 0 aliphatic heterocycles. The molecule has 0 radical (unpaired) electrons. The summed E-state index contributed by atoms with van der Waals surface area (Å²) in [4.78, 5) is 14.9. The van der Waals surface area contributed by atoms with Crippen molar-refractivity contribution in [2.45, 2.75) is 38.1 Å². The van der Waals surface area contributed by atoms with Crippen LogP contribution < -0.4 is 21.7 Å². The highest BCUT2D eigenvalue weighted by atomic mass is 32.2. The summed E-state index contributed by atoms with van der Waals surface area (Å²) in [7, 11) is 0. The third-order valence-corrected chi connectivity index (χ3v) is 6.13. The van der Waals surface area contributed by atoms with Gasteiger partial charge in [-0.1, -0.05) is 0 Å². The van der Waals surface area contributed by atoms with Crippen LogP contribution in [-0.2, 0) is 12.2 Å². The lowest BCUT2D eigenvalue weighted by molar-refractivity contribution is -0.118. The molecule has 0 spiro atoms. The second-order valence-corrected chi connectivity index (χ2v) is 9.12. The SMILES string of the molecule is Cc1[nH]cnc1CSCCNC(=S)NCCCCc1csc(NC(N)=NCC(F)(F)F)n1. The number of guanidine groups is 1. The topological polar surface area (TPSA) is 116 Å². The molecule has 0 amide bonds. The number of nitrogens with zero attached hydrogens (tertiary/aromatic N) is 3. The van der Waals surface area contributed by atoms with Gasteiger partial charge in [0.05, 0.1) is 17.7 Å². The number of halogens is 3. The number of hydrogen-bond donors (Lipinski definition) is 5. The summed E-state index contributed by atoms with van der Waals surface area (Å²) in [5.41, 5.74) is 8.48. The normalized spacial score (nSPS) is 12.1. The maximum Gasteiger partial charge on any atom is 0.408 e. The van der Waals surface area contributed by atoms with Crippen LogP contribution in [0.4, 0.5) is 18.3 Å². The summed E-state index contributed by atoms with van der Waals surface area (Å²) >= 11 is 8.35. The molecule has 0 unspecified atom stereocenters. The van der Waals surface area contributed by atoms with Crippen molar-refractivity contribution in [2.75, 3.05) is 30.7 Å². The van der Waals surface area contributed by atoms with Gasteiger partial charge in [-0.3, -0.25) is 0 Å². The minimum atomic E-state index is -4.38. The van der Waals surface area contributed by atoms with E-state index in [1.165, 1.54) is 11.3 Å². The maximum absolute atomic E-state index is 12.1. The first kappa shape index (κ1) is 26.2. The van der Waals surface area contributed by atoms with Crippen molar-refractivity contribution in [3.63, 3.8) is 0 Å². The lowest BCUT2D eigenvalue weighted by atomic mass is 10.2. The van der Waals surface area contributed by atoms with Crippen LogP contribution in [0.15, 0.2) is 16.7 Å². The summed E-state index contributed by atoms with van der Waals surface area (Å²) in [6, 6.07) is 0. The fourth-order valence-corrected chi connectivity index (χ4v) is 4.27. The molecule has 0 fully saturated rings. The number of nitrogens with two attached hydrogens (primary N) is 1. The maximum atomic E-state index is 12.1. The number of thioether (sulfide) groups is 1. The van der Waals surface area contributed by atoms with E-state index in [1.54, 1.807) is 18.1 Å². The quantitative estimate of drug-likeness (QED) is 0.129. The Kier molecular flexibility index (Phi) is 11.0. The van der Waals surface area contributed by atoms with Crippen molar-refractivity contribution < 1.29 is 13.2 Å². The molecule has 0 saturated heterocycles. The third-order valence-electron chi connectivity index (χ3n) is 4.07. The van der Waals surface area contributed by atoms with Gasteiger partial charge in [0, 0.05) is 35.7 Å². The first-order valence-electron chi connectivity index (χ1n) is 9.89. The van der Waals surface area contributed by atoms with Crippen LogP contribution in [0.3, 0.4) is 0 Å². The molecule has 2 rings (SSSR count). The van der Waals surface area contributed by atoms with Crippen LogP contribution in [0.25, 0.3) is 0 Å². The molecule has 0 aliphatic carbocycles. The van der Waals surface area contributed by atoms with Gasteiger partial charge in [0.2, 0.25) is 0 Å². The molecule has 0 atom stereocenters. The van der Waals surface area contributed by atoms with Gasteiger partial charge in [-0.2, -0.15) is 24.9 Å². The lowest BCUT2D eigenvalue weighted by Gasteiger charge is -2.10. The van der Waals surface area contributed by atoms with Crippen LogP contribution in [0, 0.1) is 6.92 Å². The molecule has 0 aromatic carbocycles. The summed E-state index contributed by atoms with van der Waals surface area (Å²) in [6.07, 6.45) is -0.117. The number of alkyl halides is 3. The van der Waals surface area contributed by atoms with E-state index in [4.69, 9.17) is 18.0 Å². The van der Waals surface area contributed by atoms with E-state index in [-0.39, 0.29) is 5.96 Å². The van der Waals surface area contributed by atoms with Crippen LogP contribution in [0.1, 0.15) is 29.9 Å². The van der Waals surface area contributed by atoms with Crippen LogP contribution in [-0.4, -0.2) is 57.6 Å². The molecule has 178 valence electrons. The Labute approximate surface area is 198 Å². The Morgan fingerprint density at radius 2 is 2.09 bits per heavy atom. The van der Waals surface area contributed by atoms with E-state index in [2.05, 4.69) is 35.9 Å². The highest BCUT2D eigenvalue weighted by molar-refractivity contribution is 7.98. The number of aryl methyl sites for hydroxylation is 2. The summed E-state index contributed by atoms with van der Waals surface area (Å²) in [6.45, 7) is 2.22. The molecule has 0 aliphatic rings. The van der Waals surface area contributed by atoms with Gasteiger partial charge in [0.25, 0.3) is 0 Å². The Morgan fingerprint density at radius 3 is 2.81 bits per heavy atom. The van der Waals surface area contributed by atoms with Gasteiger partial charge in [0.1, 0.15) is 6.54 Å². The Hall–Kier alpha value is -2.06. The predicted molar refractivity (Wildman–Crippen MR) is 129 cm³/mol. The smallest absolute Gasteiger partial charge is 0.370 e. The number of thiocarbonyl (C=S) groups is 1. The van der Waals surface area contributed by atoms with Crippen molar-refractivity contribution in [1.29, 1.82) is 0 Å². The summed E-state index contributed by atoms with van der Waals surface area (Å²) in [5.74, 6) is 1.50. The minimum Gasteiger partial charge on any atom is -0.370 e. The number of aliphatic imine (C=N–C) groups is 1. The first-order valence-corrected chi connectivity index (χ1v) is 12.3. The van der Waals surface area contributed by atoms with Gasteiger partial charge in [0.15, 0.2) is 16.2 Å². The third kappa shape index (κ3) is 11.0. The van der Waals surface area contributed by atoms with Gasteiger partial charge < -0.3 is 26.7 Å². The second kappa shape index (κ2) is 13.5. The molecule has 32 heavy (non-hydrogen) atoms. The number of unbranched alkanes of at least 4 members (excludes halogenated alkanes) is 1. The minimum absolute atomic E-state index is 0.303. The molecule has 14 heteroatoms. The molecule has 2 aromatic heterocycles. The standard InChI is InChI=1S/C18H27F3N8S3/c1-12-14(27-11-26-12)9-31-7-6-24-16(30)23-5-3-2-4-13-8-32-17(28-13)29-15(22)25-10-18(19,20)21/h8,11H,2-7,9-10H2,1H3,(H,26,27)(H2,23,24,30)(H3,22,25,28,29). The average Bonchev–Trinajstić information content (AvgIpc) is 3.34. The number of anilines is 1. The van der Waals surface area contributed by atoms with Crippen molar-refractivity contribution in [3.05, 3.63) is 28.8 Å². The van der Waals surface area contributed by atoms with Crippen molar-refractivity contribution in [3.8, 4) is 0 Å². The molecule has 6 N–H and O–H groups in total. The zero-order chi connectivity index (χ0) is 23.4. The largest absolute Gasteiger partial charge is 0.408 e. The Morgan fingerprint density at radius 1 is 1.31 bits per heavy atom. The van der Waals surface area contributed by atoms with Gasteiger partial charge in [-0.25, -0.2) is 15.0 Å². The number of rotatable bonds is 12. The van der Waals surface area contributed by atoms with Crippen molar-refractivity contribution in [1.82, 2.24) is 25.6 Å². The first-order chi connectivity index (χ1) is 15.2. The Balaban J connectivity index is 1.50. The van der Waals surface area contributed by atoms with E-state index < -0.39 is 12.7 Å². The molecule has 2 aromatic rings. The fraction of sp³-hybridized carbons (Fsp3) is 0.556. The van der Waals surface area contributed by atoms with Crippen molar-refractivity contribution in [2.24, 2.45) is 10.7 Å². The van der Waals surface area contributed by atoms with Gasteiger partial charge in [-0.15, -0.1) is 11.3 Å². The van der Waals surface area contributed by atoms with E-state index in [0.717, 1.165) is 60.9 Å². The number of hydrogen-bond acceptors (Lipinski definition) is 6. The van der Waals surface area contributed by atoms with Crippen LogP contribution >= 0.6 is 35.3 Å². The predicted octanol–water partition coefficient (Wildman–Crippen LogP) is 3.18. The number of imidazole rings is 1. The lowest BCUT2D eigenvalue weighted by Crippen LogP contribution is -2.36. The monoisotopic (exact) mass is 508 g/mol. The molecule has 0 bridgehead atoms. The molecular formula is C18H27F3N8S3. The number of nitrogens with one attached hydrogen (secondary N) is 4. The van der Waals surface area contributed by atoms with Crippen molar-refractivity contribution >= 4 is 51.5 Å². The van der Waals surface area contributed by atoms with Gasteiger partial charge >= 0.3 is 6.18 Å². The van der Waals surface area contributed by atoms with Crippen LogP contribution in [0.5, 0.6) is 0 Å². The van der Waals surface area contributed by atoms with E-state index >= 15 is 0 Å². The molecule has 2 heterocycles. The highest BCUT2D eigenvalue weighted by Gasteiger charge is 2.26. The van der Waals surface area contributed by atoms with E-state index in [1.807, 2.05) is 12.3 Å². The van der Waals surface area contributed by atoms with E-state index in [0.29, 0.717) is 10.2 Å². The fourth-order valence-electron chi connectivity index (χ4n) is 2.44. The zero-order valence-electron chi connectivity index (χ0n) is 17.6. The number of aromatic amines is 1. The van der Waals surface area contributed by atoms with Crippen LogP contribution in [0.2, 0.25) is 0 Å². The highest BCUT2D eigenvalue weighted by Crippen LogP contribution is 2.18. The average molecular weight is 509 g/mol. The molecule has 8 nitrogen and oxygen atoms in total. The zero-order valence-corrected chi connectivity index (χ0v) is 20.0. The number of thiazole rings is 1. The number of aromatic nitrogens is 3. The molecular weight excluding hydrogens is 481 g/mol. The Bertz CT molecular complexity index is 866. The van der Waals surface area contributed by atoms with Gasteiger partial charge in [-0.05, 0) is 38.4 Å².